The Balaban J connectivity index is 2.02. The first-order valence-corrected chi connectivity index (χ1v) is 8.08. The number of thiophene rings is 2. The topological polar surface area (TPSA) is 0 Å². The zero-order valence-corrected chi connectivity index (χ0v) is 11.2. The number of rotatable bonds is 2. The van der Waals surface area contributed by atoms with Crippen molar-refractivity contribution in [3.8, 4) is 18.6 Å². The van der Waals surface area contributed by atoms with Crippen LogP contribution in [-0.2, 0) is 0 Å². The summed E-state index contributed by atoms with van der Waals surface area (Å²) in [5, 5.41) is 4.30. The summed E-state index contributed by atoms with van der Waals surface area (Å²) in [4.78, 5) is 2.86. The first-order chi connectivity index (χ1) is 7.43. The molecule has 0 nitrogen and oxygen atoms in total. The van der Waals surface area contributed by atoms with Gasteiger partial charge in [0.05, 0.1) is 0 Å². The summed E-state index contributed by atoms with van der Waals surface area (Å²) in [5.74, 6) is 0. The number of hydrogen-bond acceptors (Lipinski definition) is 2. The van der Waals surface area contributed by atoms with E-state index >= 15 is 0 Å². The third-order valence-electron chi connectivity index (χ3n) is 2.13. The van der Waals surface area contributed by atoms with Crippen molar-refractivity contribution in [3.05, 3.63) is 47.2 Å². The molecule has 3 heterocycles. The fourth-order valence-electron chi connectivity index (χ4n) is 1.44. The van der Waals surface area contributed by atoms with E-state index in [2.05, 4.69) is 47.2 Å². The van der Waals surface area contributed by atoms with E-state index in [4.69, 9.17) is 0 Å². The Labute approximate surface area is 103 Å². The fraction of sp³-hybridized carbons (Fsp3) is 0. The summed E-state index contributed by atoms with van der Waals surface area (Å²) in [7, 11) is 0. The summed E-state index contributed by atoms with van der Waals surface area (Å²) >= 11 is 4.17. The molecule has 0 N–H and O–H groups in total. The van der Waals surface area contributed by atoms with Gasteiger partial charge in [-0.05, 0) is 0 Å². The standard InChI is InChI=1S/C12H8S2Se/c1-3-9(13-7-1)11-5-6-12(15-11)10-4-2-8-14-10/h1-8H/i11+1. The quantitative estimate of drug-likeness (QED) is 0.622. The van der Waals surface area contributed by atoms with Crippen molar-refractivity contribution in [1.82, 2.24) is 0 Å². The van der Waals surface area contributed by atoms with Gasteiger partial charge in [0.1, 0.15) is 0 Å². The molecule has 74 valence electrons. The van der Waals surface area contributed by atoms with E-state index in [1.54, 1.807) is 0 Å². The van der Waals surface area contributed by atoms with Crippen LogP contribution in [0.3, 0.4) is 0 Å². The molecule has 0 amide bonds. The van der Waals surface area contributed by atoms with Gasteiger partial charge in [0.25, 0.3) is 0 Å². The first kappa shape index (κ1) is 9.61. The van der Waals surface area contributed by atoms with Crippen LogP contribution in [0.2, 0.25) is 0 Å². The van der Waals surface area contributed by atoms with Gasteiger partial charge in [0.2, 0.25) is 0 Å². The number of hydrogen-bond donors (Lipinski definition) is 0. The summed E-state index contributed by atoms with van der Waals surface area (Å²) in [6, 6.07) is 13.2. The average Bonchev–Trinajstić information content (AvgIpc) is 3.02. The molecule has 15 heavy (non-hydrogen) atoms. The van der Waals surface area contributed by atoms with Crippen LogP contribution in [0, 0.1) is 0 Å². The molecular weight excluding hydrogens is 288 g/mol. The van der Waals surface area contributed by atoms with Gasteiger partial charge in [-0.25, -0.2) is 0 Å². The molecule has 0 fully saturated rings. The van der Waals surface area contributed by atoms with Crippen LogP contribution >= 0.6 is 22.7 Å². The van der Waals surface area contributed by atoms with E-state index < -0.39 is 0 Å². The van der Waals surface area contributed by atoms with Crippen LogP contribution in [0.5, 0.6) is 0 Å². The molecule has 3 rings (SSSR count). The second-order valence-corrected chi connectivity index (χ2v) is 7.29. The van der Waals surface area contributed by atoms with Gasteiger partial charge < -0.3 is 0 Å². The molecule has 0 radical (unpaired) electrons. The molecule has 0 aliphatic heterocycles. The van der Waals surface area contributed by atoms with Crippen LogP contribution in [0.4, 0.5) is 0 Å². The monoisotopic (exact) mass is 297 g/mol. The predicted molar refractivity (Wildman–Crippen MR) is 70.0 cm³/mol. The Morgan fingerprint density at radius 2 is 1.27 bits per heavy atom. The van der Waals surface area contributed by atoms with Gasteiger partial charge in [-0.3, -0.25) is 0 Å². The van der Waals surface area contributed by atoms with Gasteiger partial charge in [-0.2, -0.15) is 0 Å². The van der Waals surface area contributed by atoms with E-state index in [1.165, 1.54) is 18.6 Å². The molecular formula is C12H8S2Se. The van der Waals surface area contributed by atoms with Crippen molar-refractivity contribution in [2.75, 3.05) is 0 Å². The van der Waals surface area contributed by atoms with E-state index in [1.807, 2.05) is 22.7 Å². The van der Waals surface area contributed by atoms with Crippen molar-refractivity contribution in [2.45, 2.75) is 0 Å². The second-order valence-electron chi connectivity index (χ2n) is 3.12. The molecule has 0 unspecified atom stereocenters. The Kier molecular flexibility index (Phi) is 2.63. The SMILES string of the molecule is c1csc(-c2cc[13c](-c3cccs3)[se]2)c1. The Hall–Kier alpha value is -0.601. The van der Waals surface area contributed by atoms with Crippen LogP contribution in [0.1, 0.15) is 0 Å². The molecule has 0 bridgehead atoms. The van der Waals surface area contributed by atoms with Crippen LogP contribution in [0.25, 0.3) is 18.6 Å². The maximum absolute atomic E-state index is 2.28. The molecule has 0 aromatic carbocycles. The fourth-order valence-corrected chi connectivity index (χ4v) is 5.54. The average molecular weight is 296 g/mol. The van der Waals surface area contributed by atoms with Gasteiger partial charge in [0, 0.05) is 0 Å². The summed E-state index contributed by atoms with van der Waals surface area (Å²) in [6.45, 7) is 0. The predicted octanol–water partition coefficient (Wildman–Crippen LogP) is 4.20. The van der Waals surface area contributed by atoms with Crippen LogP contribution < -0.4 is 0 Å². The minimum atomic E-state index is 0.496. The van der Waals surface area contributed by atoms with Crippen molar-refractivity contribution in [1.29, 1.82) is 0 Å². The van der Waals surface area contributed by atoms with Gasteiger partial charge in [0.15, 0.2) is 0 Å². The molecule has 0 saturated heterocycles. The van der Waals surface area contributed by atoms with Crippen molar-refractivity contribution in [2.24, 2.45) is 0 Å². The molecule has 0 spiro atoms. The first-order valence-electron chi connectivity index (χ1n) is 4.61. The molecule has 3 heteroatoms. The van der Waals surface area contributed by atoms with Gasteiger partial charge >= 0.3 is 103 Å². The van der Waals surface area contributed by atoms with Gasteiger partial charge in [-0.15, -0.1) is 0 Å². The molecule has 3 aromatic rings. The van der Waals surface area contributed by atoms with Crippen LogP contribution in [-0.4, -0.2) is 14.5 Å². The van der Waals surface area contributed by atoms with Crippen molar-refractivity contribution < 1.29 is 0 Å². The Morgan fingerprint density at radius 3 is 1.67 bits per heavy atom. The Bertz CT molecular complexity index is 483. The molecule has 0 aliphatic rings. The molecule has 0 atom stereocenters. The molecule has 0 saturated carbocycles. The van der Waals surface area contributed by atoms with Crippen LogP contribution in [0.15, 0.2) is 47.2 Å². The normalized spacial score (nSPS) is 10.7. The second kappa shape index (κ2) is 4.11. The minimum absolute atomic E-state index is 0.496. The molecule has 3 aromatic heterocycles. The van der Waals surface area contributed by atoms with Crippen molar-refractivity contribution in [3.63, 3.8) is 0 Å². The van der Waals surface area contributed by atoms with Gasteiger partial charge in [-0.1, -0.05) is 0 Å². The van der Waals surface area contributed by atoms with E-state index in [0.717, 1.165) is 0 Å². The summed E-state index contributed by atoms with van der Waals surface area (Å²) in [5.41, 5.74) is 0. The summed E-state index contributed by atoms with van der Waals surface area (Å²) in [6.07, 6.45) is 0. The zero-order chi connectivity index (χ0) is 10.1. The van der Waals surface area contributed by atoms with Crippen molar-refractivity contribution >= 4 is 37.2 Å². The van der Waals surface area contributed by atoms with E-state index in [9.17, 15) is 0 Å². The van der Waals surface area contributed by atoms with E-state index in [-0.39, 0.29) is 0 Å². The summed E-state index contributed by atoms with van der Waals surface area (Å²) < 4.78 is 3.03. The van der Waals surface area contributed by atoms with E-state index in [0.29, 0.717) is 14.5 Å². The molecule has 0 aliphatic carbocycles. The zero-order valence-electron chi connectivity index (χ0n) is 7.84. The third-order valence-corrected chi connectivity index (χ3v) is 6.94. The Morgan fingerprint density at radius 1 is 0.733 bits per heavy atom. The maximum atomic E-state index is 2.28. The third kappa shape index (κ3) is 1.88.